The molecule has 0 radical (unpaired) electrons. The first-order chi connectivity index (χ1) is 15.1. The van der Waals surface area contributed by atoms with E-state index in [9.17, 15) is 9.18 Å². The van der Waals surface area contributed by atoms with Crippen molar-refractivity contribution < 1.29 is 13.9 Å². The molecule has 2 aromatic rings. The van der Waals surface area contributed by atoms with E-state index >= 15 is 0 Å². The van der Waals surface area contributed by atoms with Gasteiger partial charge in [-0.3, -0.25) is 9.79 Å². The van der Waals surface area contributed by atoms with Gasteiger partial charge in [-0.05, 0) is 67.0 Å². The molecule has 1 aliphatic carbocycles. The molecule has 2 aromatic carbocycles. The molecule has 0 spiro atoms. The number of nitrogens with zero attached hydrogens (tertiary/aromatic N) is 1. The van der Waals surface area contributed by atoms with Gasteiger partial charge in [0.2, 0.25) is 0 Å². The lowest BCUT2D eigenvalue weighted by molar-refractivity contribution is -0.123. The standard InChI is InChI=1S/C23H29FN4O2S/c1-25-23(26-12-3-13-31-21-10-6-18(24)7-11-21)27-15-17-4-2-5-20(14-17)30-16-22(29)28-19-8-9-19/h2,4-7,10-11,14,19H,3,8-9,12-13,15-16H2,1H3,(H,28,29)(H2,25,26,27). The fourth-order valence-corrected chi connectivity index (χ4v) is 3.65. The second-order valence-electron chi connectivity index (χ2n) is 7.29. The zero-order valence-electron chi connectivity index (χ0n) is 17.7. The number of carbonyl (C=O) groups excluding carboxylic acids is 1. The number of nitrogens with one attached hydrogen (secondary N) is 3. The summed E-state index contributed by atoms with van der Waals surface area (Å²) in [6.07, 6.45) is 3.08. The van der Waals surface area contributed by atoms with Gasteiger partial charge in [-0.25, -0.2) is 4.39 Å². The molecule has 0 aliphatic heterocycles. The molecule has 3 N–H and O–H groups in total. The summed E-state index contributed by atoms with van der Waals surface area (Å²) < 4.78 is 18.5. The van der Waals surface area contributed by atoms with E-state index in [1.54, 1.807) is 30.9 Å². The average molecular weight is 445 g/mol. The number of halogens is 1. The maximum Gasteiger partial charge on any atom is 0.258 e. The molecule has 0 unspecified atom stereocenters. The number of guanidine groups is 1. The van der Waals surface area contributed by atoms with E-state index in [1.165, 1.54) is 12.1 Å². The minimum atomic E-state index is -0.211. The van der Waals surface area contributed by atoms with Gasteiger partial charge in [0.05, 0.1) is 0 Å². The van der Waals surface area contributed by atoms with Gasteiger partial charge < -0.3 is 20.7 Å². The molecule has 3 rings (SSSR count). The summed E-state index contributed by atoms with van der Waals surface area (Å²) in [4.78, 5) is 17.1. The van der Waals surface area contributed by atoms with Gasteiger partial charge in [-0.15, -0.1) is 11.8 Å². The zero-order chi connectivity index (χ0) is 21.9. The van der Waals surface area contributed by atoms with Crippen LogP contribution in [0, 0.1) is 5.82 Å². The molecule has 8 heteroatoms. The molecule has 1 amide bonds. The Hall–Kier alpha value is -2.74. The van der Waals surface area contributed by atoms with Crippen molar-refractivity contribution >= 4 is 23.6 Å². The van der Waals surface area contributed by atoms with Crippen molar-refractivity contribution in [2.75, 3.05) is 26.0 Å². The Kier molecular flexibility index (Phi) is 9.02. The van der Waals surface area contributed by atoms with Crippen molar-refractivity contribution in [3.63, 3.8) is 0 Å². The van der Waals surface area contributed by atoms with Crippen LogP contribution < -0.4 is 20.7 Å². The van der Waals surface area contributed by atoms with Crippen LogP contribution >= 0.6 is 11.8 Å². The fourth-order valence-electron chi connectivity index (χ4n) is 2.80. The molecule has 1 aliphatic rings. The zero-order valence-corrected chi connectivity index (χ0v) is 18.5. The third kappa shape index (κ3) is 8.88. The molecular formula is C23H29FN4O2S. The molecule has 31 heavy (non-hydrogen) atoms. The summed E-state index contributed by atoms with van der Waals surface area (Å²) in [5.41, 5.74) is 1.04. The second kappa shape index (κ2) is 12.2. The lowest BCUT2D eigenvalue weighted by Gasteiger charge is -2.13. The number of ether oxygens (including phenoxy) is 1. The average Bonchev–Trinajstić information content (AvgIpc) is 3.60. The largest absolute Gasteiger partial charge is 0.484 e. The van der Waals surface area contributed by atoms with Gasteiger partial charge in [0.15, 0.2) is 12.6 Å². The van der Waals surface area contributed by atoms with Crippen LogP contribution in [0.2, 0.25) is 0 Å². The first-order valence-corrected chi connectivity index (χ1v) is 11.4. The molecule has 6 nitrogen and oxygen atoms in total. The highest BCUT2D eigenvalue weighted by molar-refractivity contribution is 7.99. The highest BCUT2D eigenvalue weighted by Crippen LogP contribution is 2.19. The van der Waals surface area contributed by atoms with E-state index in [-0.39, 0.29) is 18.3 Å². The topological polar surface area (TPSA) is 74.8 Å². The molecule has 0 atom stereocenters. The number of amides is 1. The van der Waals surface area contributed by atoms with Crippen molar-refractivity contribution in [2.45, 2.75) is 36.7 Å². The summed E-state index contributed by atoms with van der Waals surface area (Å²) in [5.74, 6) is 2.04. The van der Waals surface area contributed by atoms with Crippen LogP contribution in [0.3, 0.4) is 0 Å². The van der Waals surface area contributed by atoms with Crippen LogP contribution in [0.25, 0.3) is 0 Å². The number of aliphatic imine (C=N–C) groups is 1. The van der Waals surface area contributed by atoms with E-state index in [4.69, 9.17) is 4.74 Å². The number of hydrogen-bond donors (Lipinski definition) is 3. The third-order valence-electron chi connectivity index (χ3n) is 4.59. The first-order valence-electron chi connectivity index (χ1n) is 10.5. The van der Waals surface area contributed by atoms with Crippen molar-refractivity contribution in [2.24, 2.45) is 4.99 Å². The second-order valence-corrected chi connectivity index (χ2v) is 8.45. The fraction of sp³-hybridized carbons (Fsp3) is 0.391. The Morgan fingerprint density at radius 1 is 1.19 bits per heavy atom. The lowest BCUT2D eigenvalue weighted by Crippen LogP contribution is -2.37. The molecule has 166 valence electrons. The van der Waals surface area contributed by atoms with E-state index in [0.717, 1.165) is 48.0 Å². The third-order valence-corrected chi connectivity index (χ3v) is 5.69. The molecule has 0 bridgehead atoms. The molecule has 0 heterocycles. The van der Waals surface area contributed by atoms with Crippen LogP contribution in [-0.4, -0.2) is 43.9 Å². The maximum absolute atomic E-state index is 12.9. The first kappa shape index (κ1) is 22.9. The quantitative estimate of drug-likeness (QED) is 0.215. The normalized spacial score (nSPS) is 13.5. The summed E-state index contributed by atoms with van der Waals surface area (Å²) in [6.45, 7) is 1.41. The summed E-state index contributed by atoms with van der Waals surface area (Å²) in [6, 6.07) is 14.6. The Morgan fingerprint density at radius 2 is 2.00 bits per heavy atom. The van der Waals surface area contributed by atoms with E-state index in [0.29, 0.717) is 18.3 Å². The molecule has 0 aromatic heterocycles. The van der Waals surface area contributed by atoms with E-state index in [1.807, 2.05) is 24.3 Å². The van der Waals surface area contributed by atoms with Gasteiger partial charge in [-0.2, -0.15) is 0 Å². The van der Waals surface area contributed by atoms with Crippen LogP contribution in [0.5, 0.6) is 5.75 Å². The number of carbonyl (C=O) groups is 1. The predicted molar refractivity (Wildman–Crippen MR) is 123 cm³/mol. The summed E-state index contributed by atoms with van der Waals surface area (Å²) in [7, 11) is 1.74. The Morgan fingerprint density at radius 3 is 2.74 bits per heavy atom. The molecule has 0 saturated heterocycles. The molecule has 1 fully saturated rings. The van der Waals surface area contributed by atoms with Gasteiger partial charge in [-0.1, -0.05) is 12.1 Å². The highest BCUT2D eigenvalue weighted by Gasteiger charge is 2.23. The van der Waals surface area contributed by atoms with Crippen LogP contribution in [0.4, 0.5) is 4.39 Å². The summed E-state index contributed by atoms with van der Waals surface area (Å²) in [5, 5.41) is 9.49. The van der Waals surface area contributed by atoms with Crippen LogP contribution in [0.15, 0.2) is 58.4 Å². The molecular weight excluding hydrogens is 415 g/mol. The number of hydrogen-bond acceptors (Lipinski definition) is 4. The minimum absolute atomic E-state index is 0.0343. The summed E-state index contributed by atoms with van der Waals surface area (Å²) >= 11 is 1.70. The van der Waals surface area contributed by atoms with E-state index in [2.05, 4.69) is 20.9 Å². The number of rotatable bonds is 11. The van der Waals surface area contributed by atoms with Gasteiger partial charge in [0.25, 0.3) is 5.91 Å². The van der Waals surface area contributed by atoms with Crippen molar-refractivity contribution in [3.8, 4) is 5.75 Å². The Labute approximate surface area is 187 Å². The van der Waals surface area contributed by atoms with Crippen molar-refractivity contribution in [1.82, 2.24) is 16.0 Å². The lowest BCUT2D eigenvalue weighted by atomic mass is 10.2. The van der Waals surface area contributed by atoms with Gasteiger partial charge >= 0.3 is 0 Å². The Balaban J connectivity index is 1.32. The predicted octanol–water partition coefficient (Wildman–Crippen LogP) is 3.33. The minimum Gasteiger partial charge on any atom is -0.484 e. The monoisotopic (exact) mass is 444 g/mol. The van der Waals surface area contributed by atoms with Gasteiger partial charge in [0, 0.05) is 31.1 Å². The van der Waals surface area contributed by atoms with Gasteiger partial charge in [0.1, 0.15) is 11.6 Å². The van der Waals surface area contributed by atoms with Crippen molar-refractivity contribution in [3.05, 3.63) is 59.9 Å². The number of benzene rings is 2. The number of thioether (sulfide) groups is 1. The van der Waals surface area contributed by atoms with E-state index < -0.39 is 0 Å². The smallest absolute Gasteiger partial charge is 0.258 e. The molecule has 1 saturated carbocycles. The van der Waals surface area contributed by atoms with Crippen LogP contribution in [0.1, 0.15) is 24.8 Å². The Bertz CT molecular complexity index is 872. The SMILES string of the molecule is CN=C(NCCCSc1ccc(F)cc1)NCc1cccc(OCC(=O)NC2CC2)c1. The maximum atomic E-state index is 12.9. The van der Waals surface area contributed by atoms with Crippen molar-refractivity contribution in [1.29, 1.82) is 0 Å². The highest BCUT2D eigenvalue weighted by atomic mass is 32.2. The van der Waals surface area contributed by atoms with Crippen LogP contribution in [-0.2, 0) is 11.3 Å².